The minimum absolute atomic E-state index is 0.266. The van der Waals surface area contributed by atoms with Crippen LogP contribution in [0.5, 0.6) is 5.75 Å². The van der Waals surface area contributed by atoms with Crippen LogP contribution >= 0.6 is 0 Å². The van der Waals surface area contributed by atoms with Crippen LogP contribution in [0.25, 0.3) is 0 Å². The molecule has 0 bridgehead atoms. The maximum atomic E-state index is 13.1. The van der Waals surface area contributed by atoms with Gasteiger partial charge in [-0.1, -0.05) is 19.3 Å². The average molecular weight is 275 g/mol. The van der Waals surface area contributed by atoms with Gasteiger partial charge in [-0.15, -0.1) is 0 Å². The maximum absolute atomic E-state index is 13.1. The number of aryl methyl sites for hydroxylation is 1. The van der Waals surface area contributed by atoms with Crippen LogP contribution < -0.4 is 4.74 Å². The van der Waals surface area contributed by atoms with Crippen LogP contribution in [-0.4, -0.2) is 37.4 Å². The number of methoxy groups -OCH3 is 1. The molecule has 1 aromatic rings. The van der Waals surface area contributed by atoms with Gasteiger partial charge in [0.15, 0.2) is 5.78 Å². The lowest BCUT2D eigenvalue weighted by atomic mass is 9.75. The van der Waals surface area contributed by atoms with Crippen LogP contribution in [-0.2, 0) is 0 Å². The van der Waals surface area contributed by atoms with Crippen molar-refractivity contribution >= 4 is 5.78 Å². The first-order valence-electron chi connectivity index (χ1n) is 7.38. The molecular formula is C17H25NO2. The SMILES string of the molecule is COc1ccc(C(=O)C2(N(C)C)CCCCC2)c(C)c1. The van der Waals surface area contributed by atoms with Gasteiger partial charge in [0.2, 0.25) is 0 Å². The normalized spacial score (nSPS) is 18.1. The summed E-state index contributed by atoms with van der Waals surface area (Å²) in [5.74, 6) is 1.07. The van der Waals surface area contributed by atoms with Crippen molar-refractivity contribution in [3.8, 4) is 5.75 Å². The molecule has 0 atom stereocenters. The van der Waals surface area contributed by atoms with Gasteiger partial charge >= 0.3 is 0 Å². The maximum Gasteiger partial charge on any atom is 0.183 e. The topological polar surface area (TPSA) is 29.5 Å². The predicted molar refractivity (Wildman–Crippen MR) is 81.6 cm³/mol. The molecule has 0 unspecified atom stereocenters. The van der Waals surface area contributed by atoms with Gasteiger partial charge in [-0.25, -0.2) is 0 Å². The summed E-state index contributed by atoms with van der Waals surface area (Å²) in [5.41, 5.74) is 1.51. The fraction of sp³-hybridized carbons (Fsp3) is 0.588. The summed E-state index contributed by atoms with van der Waals surface area (Å²) >= 11 is 0. The summed E-state index contributed by atoms with van der Waals surface area (Å²) < 4.78 is 5.23. The van der Waals surface area contributed by atoms with E-state index in [1.807, 2.05) is 39.2 Å². The molecule has 0 radical (unpaired) electrons. The molecular weight excluding hydrogens is 250 g/mol. The van der Waals surface area contributed by atoms with Gasteiger partial charge in [-0.2, -0.15) is 0 Å². The zero-order valence-corrected chi connectivity index (χ0v) is 13.0. The van der Waals surface area contributed by atoms with E-state index in [4.69, 9.17) is 4.74 Å². The number of rotatable bonds is 4. The van der Waals surface area contributed by atoms with Gasteiger partial charge in [0, 0.05) is 5.56 Å². The molecule has 110 valence electrons. The summed E-state index contributed by atoms with van der Waals surface area (Å²) in [6, 6.07) is 5.74. The Morgan fingerprint density at radius 1 is 1.20 bits per heavy atom. The second-order valence-electron chi connectivity index (χ2n) is 6.00. The fourth-order valence-electron chi connectivity index (χ4n) is 3.28. The third-order valence-corrected chi connectivity index (χ3v) is 4.64. The molecule has 3 heteroatoms. The Morgan fingerprint density at radius 2 is 1.85 bits per heavy atom. The molecule has 1 saturated carbocycles. The van der Waals surface area contributed by atoms with Crippen molar-refractivity contribution < 1.29 is 9.53 Å². The van der Waals surface area contributed by atoms with Gasteiger partial charge in [-0.3, -0.25) is 9.69 Å². The van der Waals surface area contributed by atoms with Gasteiger partial charge in [0.05, 0.1) is 12.6 Å². The van der Waals surface area contributed by atoms with Gasteiger partial charge in [0.25, 0.3) is 0 Å². The number of Topliss-reactive ketones (excluding diaryl/α,β-unsaturated/α-hetero) is 1. The minimum Gasteiger partial charge on any atom is -0.497 e. The van der Waals surface area contributed by atoms with Crippen LogP contribution in [0.3, 0.4) is 0 Å². The Hall–Kier alpha value is -1.35. The molecule has 0 aliphatic heterocycles. The molecule has 1 aliphatic carbocycles. The third kappa shape index (κ3) is 2.59. The Morgan fingerprint density at radius 3 is 2.35 bits per heavy atom. The quantitative estimate of drug-likeness (QED) is 0.788. The van der Waals surface area contributed by atoms with Crippen molar-refractivity contribution in [1.29, 1.82) is 0 Å². The van der Waals surface area contributed by atoms with Gasteiger partial charge in [-0.05, 0) is 57.6 Å². The van der Waals surface area contributed by atoms with Crippen molar-refractivity contribution in [2.75, 3.05) is 21.2 Å². The third-order valence-electron chi connectivity index (χ3n) is 4.64. The lowest BCUT2D eigenvalue weighted by Crippen LogP contribution is -2.52. The van der Waals surface area contributed by atoms with Gasteiger partial charge < -0.3 is 4.74 Å². The summed E-state index contributed by atoms with van der Waals surface area (Å²) in [7, 11) is 5.71. The van der Waals surface area contributed by atoms with Crippen molar-refractivity contribution in [3.63, 3.8) is 0 Å². The fourth-order valence-corrected chi connectivity index (χ4v) is 3.28. The Bertz CT molecular complexity index is 488. The van der Waals surface area contributed by atoms with E-state index in [2.05, 4.69) is 4.90 Å². The highest BCUT2D eigenvalue weighted by Crippen LogP contribution is 2.36. The van der Waals surface area contributed by atoms with E-state index in [9.17, 15) is 4.79 Å². The van der Waals surface area contributed by atoms with Crippen LogP contribution in [0.4, 0.5) is 0 Å². The number of hydrogen-bond acceptors (Lipinski definition) is 3. The van der Waals surface area contributed by atoms with Gasteiger partial charge in [0.1, 0.15) is 5.75 Å². The molecule has 3 nitrogen and oxygen atoms in total. The number of hydrogen-bond donors (Lipinski definition) is 0. The standard InChI is InChI=1S/C17H25NO2/c1-13-12-14(20-4)8-9-15(13)16(19)17(18(2)3)10-6-5-7-11-17/h8-9,12H,5-7,10-11H2,1-4H3. The van der Waals surface area contributed by atoms with Crippen molar-refractivity contribution in [2.24, 2.45) is 0 Å². The van der Waals surface area contributed by atoms with Crippen molar-refractivity contribution in [2.45, 2.75) is 44.6 Å². The molecule has 1 aliphatic rings. The first kappa shape index (κ1) is 15.0. The molecule has 0 saturated heterocycles. The van der Waals surface area contributed by atoms with Crippen molar-refractivity contribution in [1.82, 2.24) is 4.90 Å². The number of ketones is 1. The van der Waals surface area contributed by atoms with E-state index >= 15 is 0 Å². The number of ether oxygens (including phenoxy) is 1. The zero-order valence-electron chi connectivity index (χ0n) is 13.0. The van der Waals surface area contributed by atoms with E-state index in [1.165, 1.54) is 6.42 Å². The summed E-state index contributed by atoms with van der Waals surface area (Å²) in [5, 5.41) is 0. The van der Waals surface area contributed by atoms with Crippen LogP contribution in [0.15, 0.2) is 18.2 Å². The second-order valence-corrected chi connectivity index (χ2v) is 6.00. The number of nitrogens with zero attached hydrogens (tertiary/aromatic N) is 1. The lowest BCUT2D eigenvalue weighted by Gasteiger charge is -2.41. The number of benzene rings is 1. The number of carbonyl (C=O) groups excluding carboxylic acids is 1. The van der Waals surface area contributed by atoms with Crippen LogP contribution in [0.1, 0.15) is 48.0 Å². The Kier molecular flexibility index (Phi) is 4.48. The monoisotopic (exact) mass is 275 g/mol. The Balaban J connectivity index is 2.37. The van der Waals surface area contributed by atoms with E-state index < -0.39 is 0 Å². The number of likely N-dealkylation sites (N-methyl/N-ethyl adjacent to an activating group) is 1. The average Bonchev–Trinajstić information content (AvgIpc) is 2.47. The van der Waals surface area contributed by atoms with Crippen molar-refractivity contribution in [3.05, 3.63) is 29.3 Å². The highest BCUT2D eigenvalue weighted by atomic mass is 16.5. The molecule has 0 N–H and O–H groups in total. The molecule has 2 rings (SSSR count). The lowest BCUT2D eigenvalue weighted by molar-refractivity contribution is 0.0563. The minimum atomic E-state index is -0.322. The Labute approximate surface area is 121 Å². The van der Waals surface area contributed by atoms with Crippen LogP contribution in [0, 0.1) is 6.92 Å². The molecule has 1 fully saturated rings. The molecule has 0 amide bonds. The van der Waals surface area contributed by atoms with E-state index in [0.717, 1.165) is 42.6 Å². The van der Waals surface area contributed by atoms with Crippen LogP contribution in [0.2, 0.25) is 0 Å². The van der Waals surface area contributed by atoms with E-state index in [-0.39, 0.29) is 11.3 Å². The predicted octanol–water partition coefficient (Wildman–Crippen LogP) is 3.45. The molecule has 0 aromatic heterocycles. The second kappa shape index (κ2) is 5.96. The number of carbonyl (C=O) groups is 1. The zero-order chi connectivity index (χ0) is 14.8. The summed E-state index contributed by atoms with van der Waals surface area (Å²) in [4.78, 5) is 15.2. The first-order valence-corrected chi connectivity index (χ1v) is 7.38. The largest absolute Gasteiger partial charge is 0.497 e. The molecule has 0 heterocycles. The summed E-state index contributed by atoms with van der Waals surface area (Å²) in [6.07, 6.45) is 5.44. The molecule has 0 spiro atoms. The highest BCUT2D eigenvalue weighted by molar-refractivity contribution is 6.04. The molecule has 20 heavy (non-hydrogen) atoms. The van der Waals surface area contributed by atoms with E-state index in [1.54, 1.807) is 7.11 Å². The van der Waals surface area contributed by atoms with E-state index in [0.29, 0.717) is 0 Å². The first-order chi connectivity index (χ1) is 9.51. The smallest absolute Gasteiger partial charge is 0.183 e. The summed E-state index contributed by atoms with van der Waals surface area (Å²) in [6.45, 7) is 1.99. The highest BCUT2D eigenvalue weighted by Gasteiger charge is 2.42. The molecule has 1 aromatic carbocycles.